The van der Waals surface area contributed by atoms with Gasteiger partial charge in [0.25, 0.3) is 0 Å². The van der Waals surface area contributed by atoms with Gasteiger partial charge in [0.15, 0.2) is 11.5 Å². The standard InChI is InChI=1S/C29H35NO5.ClH/c1-32-27-11-8-21(16-29(27)33-2)12-14-30-15-13-25(31)20-34-26-10-9-23-17-24(19-35-28(23)18-26)22-6-4-3-5-7-22;/h3-11,16,18,24-25,30-31H,12-15,17,19-20H2,1-2H3;1H. The van der Waals surface area contributed by atoms with Gasteiger partial charge in [0.2, 0.25) is 0 Å². The Hall–Kier alpha value is -2.93. The van der Waals surface area contributed by atoms with Crippen LogP contribution in [0.5, 0.6) is 23.0 Å². The largest absolute Gasteiger partial charge is 0.493 e. The number of halogens is 1. The van der Waals surface area contributed by atoms with E-state index in [4.69, 9.17) is 18.9 Å². The average molecular weight is 514 g/mol. The molecule has 7 heteroatoms. The van der Waals surface area contributed by atoms with Crippen LogP contribution < -0.4 is 24.3 Å². The monoisotopic (exact) mass is 513 g/mol. The number of benzene rings is 3. The first-order valence-electron chi connectivity index (χ1n) is 12.2. The summed E-state index contributed by atoms with van der Waals surface area (Å²) in [6.07, 6.45) is 1.90. The molecule has 36 heavy (non-hydrogen) atoms. The van der Waals surface area contributed by atoms with E-state index in [0.29, 0.717) is 25.5 Å². The van der Waals surface area contributed by atoms with E-state index in [0.717, 1.165) is 42.4 Å². The second-order valence-electron chi connectivity index (χ2n) is 8.84. The lowest BCUT2D eigenvalue weighted by Gasteiger charge is -2.26. The van der Waals surface area contributed by atoms with Crippen LogP contribution in [0.3, 0.4) is 0 Å². The summed E-state index contributed by atoms with van der Waals surface area (Å²) in [5, 5.41) is 13.7. The molecular formula is C29H36ClNO5. The lowest BCUT2D eigenvalue weighted by Crippen LogP contribution is -2.26. The van der Waals surface area contributed by atoms with E-state index in [1.165, 1.54) is 16.7 Å². The van der Waals surface area contributed by atoms with Gasteiger partial charge in [0, 0.05) is 12.0 Å². The molecule has 3 aromatic carbocycles. The molecule has 0 spiro atoms. The van der Waals surface area contributed by atoms with E-state index in [1.54, 1.807) is 14.2 Å². The maximum absolute atomic E-state index is 10.3. The molecule has 1 aliphatic rings. The van der Waals surface area contributed by atoms with Crippen LogP contribution in [0.1, 0.15) is 29.0 Å². The highest BCUT2D eigenvalue weighted by atomic mass is 35.5. The van der Waals surface area contributed by atoms with Gasteiger partial charge in [-0.3, -0.25) is 0 Å². The highest BCUT2D eigenvalue weighted by molar-refractivity contribution is 5.85. The zero-order chi connectivity index (χ0) is 24.5. The van der Waals surface area contributed by atoms with E-state index < -0.39 is 6.10 Å². The molecule has 3 aromatic rings. The van der Waals surface area contributed by atoms with Crippen molar-refractivity contribution in [3.8, 4) is 23.0 Å². The van der Waals surface area contributed by atoms with Crippen LogP contribution in [-0.2, 0) is 12.8 Å². The first kappa shape index (κ1) is 27.7. The summed E-state index contributed by atoms with van der Waals surface area (Å²) in [4.78, 5) is 0. The first-order chi connectivity index (χ1) is 17.2. The van der Waals surface area contributed by atoms with Gasteiger partial charge >= 0.3 is 0 Å². The van der Waals surface area contributed by atoms with Crippen LogP contribution in [0.2, 0.25) is 0 Å². The molecule has 0 bridgehead atoms. The van der Waals surface area contributed by atoms with E-state index in [1.807, 2.05) is 36.4 Å². The van der Waals surface area contributed by atoms with Crippen molar-refractivity contribution in [3.05, 3.63) is 83.4 Å². The number of ether oxygens (including phenoxy) is 4. The molecule has 0 amide bonds. The van der Waals surface area contributed by atoms with Crippen LogP contribution >= 0.6 is 12.4 Å². The molecule has 2 N–H and O–H groups in total. The van der Waals surface area contributed by atoms with Crippen LogP contribution in [0.15, 0.2) is 66.7 Å². The number of aliphatic hydroxyl groups excluding tert-OH is 1. The molecule has 2 atom stereocenters. The minimum Gasteiger partial charge on any atom is -0.493 e. The van der Waals surface area contributed by atoms with Crippen molar-refractivity contribution in [3.63, 3.8) is 0 Å². The summed E-state index contributed by atoms with van der Waals surface area (Å²) in [6, 6.07) is 22.4. The molecule has 1 aliphatic heterocycles. The average Bonchev–Trinajstić information content (AvgIpc) is 2.91. The van der Waals surface area contributed by atoms with E-state index in [2.05, 4.69) is 35.6 Å². The van der Waals surface area contributed by atoms with Crippen molar-refractivity contribution in [2.75, 3.05) is 40.5 Å². The Morgan fingerprint density at radius 3 is 2.56 bits per heavy atom. The summed E-state index contributed by atoms with van der Waals surface area (Å²) in [7, 11) is 3.27. The summed E-state index contributed by atoms with van der Waals surface area (Å²) in [6.45, 7) is 2.45. The fraction of sp³-hybridized carbons (Fsp3) is 0.379. The van der Waals surface area contributed by atoms with Crippen LogP contribution in [0.4, 0.5) is 0 Å². The topological polar surface area (TPSA) is 69.2 Å². The third kappa shape index (κ3) is 7.53. The third-order valence-corrected chi connectivity index (χ3v) is 6.35. The minimum absolute atomic E-state index is 0. The van der Waals surface area contributed by atoms with Gasteiger partial charge < -0.3 is 29.4 Å². The van der Waals surface area contributed by atoms with Crippen LogP contribution in [0, 0.1) is 0 Å². The number of hydrogen-bond acceptors (Lipinski definition) is 6. The summed E-state index contributed by atoms with van der Waals surface area (Å²) in [5.74, 6) is 3.44. The second-order valence-corrected chi connectivity index (χ2v) is 8.84. The second kappa shape index (κ2) is 14.0. The molecular weight excluding hydrogens is 478 g/mol. The maximum Gasteiger partial charge on any atom is 0.160 e. The van der Waals surface area contributed by atoms with E-state index >= 15 is 0 Å². The van der Waals surface area contributed by atoms with E-state index in [9.17, 15) is 5.11 Å². The fourth-order valence-corrected chi connectivity index (χ4v) is 4.32. The van der Waals surface area contributed by atoms with Gasteiger partial charge in [0.05, 0.1) is 26.9 Å². The van der Waals surface area contributed by atoms with E-state index in [-0.39, 0.29) is 19.0 Å². The van der Waals surface area contributed by atoms with Gasteiger partial charge in [0.1, 0.15) is 18.1 Å². The Labute approximate surface area is 220 Å². The van der Waals surface area contributed by atoms with Crippen molar-refractivity contribution in [2.45, 2.75) is 31.3 Å². The first-order valence-corrected chi connectivity index (χ1v) is 12.2. The predicted molar refractivity (Wildman–Crippen MR) is 144 cm³/mol. The molecule has 0 aromatic heterocycles. The summed E-state index contributed by atoms with van der Waals surface area (Å²) < 4.78 is 22.5. The number of nitrogens with one attached hydrogen (secondary N) is 1. The highest BCUT2D eigenvalue weighted by Gasteiger charge is 2.21. The Bertz CT molecular complexity index is 1080. The lowest BCUT2D eigenvalue weighted by atomic mass is 9.90. The van der Waals surface area contributed by atoms with Crippen LogP contribution in [0.25, 0.3) is 0 Å². The molecule has 6 nitrogen and oxygen atoms in total. The number of aliphatic hydroxyl groups is 1. The predicted octanol–water partition coefficient (Wildman–Crippen LogP) is 4.81. The maximum atomic E-state index is 10.3. The van der Waals surface area contributed by atoms with Crippen molar-refractivity contribution in [1.82, 2.24) is 5.32 Å². The SMILES string of the molecule is COc1ccc(CCNCCC(O)COc2ccc3c(c2)OCC(c2ccccc2)C3)cc1OC.Cl. The van der Waals surface area contributed by atoms with Gasteiger partial charge in [-0.05, 0) is 67.2 Å². The molecule has 194 valence electrons. The Balaban J connectivity index is 0.00000361. The van der Waals surface area contributed by atoms with Gasteiger partial charge in [-0.1, -0.05) is 42.5 Å². The Morgan fingerprint density at radius 1 is 0.972 bits per heavy atom. The number of hydrogen-bond donors (Lipinski definition) is 2. The number of rotatable bonds is 12. The van der Waals surface area contributed by atoms with Crippen molar-refractivity contribution < 1.29 is 24.1 Å². The molecule has 2 unspecified atom stereocenters. The van der Waals surface area contributed by atoms with Crippen molar-refractivity contribution in [2.24, 2.45) is 0 Å². The number of methoxy groups -OCH3 is 2. The third-order valence-electron chi connectivity index (χ3n) is 6.35. The fourth-order valence-electron chi connectivity index (χ4n) is 4.32. The van der Waals surface area contributed by atoms with Gasteiger partial charge in [-0.25, -0.2) is 0 Å². The molecule has 0 fully saturated rings. The minimum atomic E-state index is -0.539. The van der Waals surface area contributed by atoms with Crippen molar-refractivity contribution in [1.29, 1.82) is 0 Å². The summed E-state index contributed by atoms with van der Waals surface area (Å²) in [5.41, 5.74) is 3.67. The molecule has 0 saturated carbocycles. The van der Waals surface area contributed by atoms with Gasteiger partial charge in [-0.15, -0.1) is 12.4 Å². The molecule has 4 rings (SSSR count). The summed E-state index contributed by atoms with van der Waals surface area (Å²) >= 11 is 0. The molecule has 0 aliphatic carbocycles. The lowest BCUT2D eigenvalue weighted by molar-refractivity contribution is 0.0997. The van der Waals surface area contributed by atoms with Gasteiger partial charge in [-0.2, -0.15) is 0 Å². The Kier molecular flexibility index (Phi) is 10.7. The smallest absolute Gasteiger partial charge is 0.160 e. The zero-order valence-electron chi connectivity index (χ0n) is 20.9. The van der Waals surface area contributed by atoms with Crippen molar-refractivity contribution >= 4 is 12.4 Å². The quantitative estimate of drug-likeness (QED) is 0.339. The Morgan fingerprint density at radius 2 is 1.78 bits per heavy atom. The molecule has 0 radical (unpaired) electrons. The highest BCUT2D eigenvalue weighted by Crippen LogP contribution is 2.35. The number of fused-ring (bicyclic) bond motifs is 1. The molecule has 1 heterocycles. The van der Waals surface area contributed by atoms with Crippen LogP contribution in [-0.4, -0.2) is 51.7 Å². The molecule has 0 saturated heterocycles. The zero-order valence-corrected chi connectivity index (χ0v) is 21.8. The normalized spacial score (nSPS) is 15.1.